The molecular formula is C13H22N2O3. The second kappa shape index (κ2) is 4.88. The second-order valence-electron chi connectivity index (χ2n) is 6.01. The van der Waals surface area contributed by atoms with Crippen LogP contribution in [-0.2, 0) is 9.59 Å². The highest BCUT2D eigenvalue weighted by atomic mass is 16.4. The van der Waals surface area contributed by atoms with Gasteiger partial charge in [0.1, 0.15) is 0 Å². The van der Waals surface area contributed by atoms with E-state index in [4.69, 9.17) is 5.11 Å². The van der Waals surface area contributed by atoms with E-state index in [1.165, 1.54) is 12.8 Å². The van der Waals surface area contributed by atoms with Crippen molar-refractivity contribution in [1.82, 2.24) is 9.80 Å². The number of carbonyl (C=O) groups excluding carboxylic acids is 1. The largest absolute Gasteiger partial charge is 0.481 e. The van der Waals surface area contributed by atoms with Gasteiger partial charge in [-0.25, -0.2) is 0 Å². The molecule has 0 atom stereocenters. The quantitative estimate of drug-likeness (QED) is 0.806. The van der Waals surface area contributed by atoms with Gasteiger partial charge in [-0.05, 0) is 26.7 Å². The van der Waals surface area contributed by atoms with Gasteiger partial charge in [0.2, 0.25) is 5.91 Å². The minimum absolute atomic E-state index is 0.0298. The summed E-state index contributed by atoms with van der Waals surface area (Å²) in [6, 6.07) is 0.748. The van der Waals surface area contributed by atoms with Crippen molar-refractivity contribution in [2.24, 2.45) is 5.41 Å². The van der Waals surface area contributed by atoms with Gasteiger partial charge in [-0.2, -0.15) is 0 Å². The van der Waals surface area contributed by atoms with Crippen LogP contribution in [-0.4, -0.2) is 59.0 Å². The van der Waals surface area contributed by atoms with Crippen LogP contribution >= 0.6 is 0 Å². The monoisotopic (exact) mass is 254 g/mol. The molecule has 1 saturated heterocycles. The SMILES string of the molecule is CC(C)(CC(=O)N1CCN(C2CC2)CC1)C(=O)O. The highest BCUT2D eigenvalue weighted by molar-refractivity contribution is 5.84. The number of carbonyl (C=O) groups is 2. The van der Waals surface area contributed by atoms with Crippen molar-refractivity contribution in [1.29, 1.82) is 0 Å². The number of hydrogen-bond acceptors (Lipinski definition) is 3. The van der Waals surface area contributed by atoms with Gasteiger partial charge in [-0.15, -0.1) is 0 Å². The maximum atomic E-state index is 12.1. The lowest BCUT2D eigenvalue weighted by Gasteiger charge is -2.36. The van der Waals surface area contributed by atoms with Gasteiger partial charge in [-0.1, -0.05) is 0 Å². The minimum atomic E-state index is -0.968. The molecule has 0 bridgehead atoms. The van der Waals surface area contributed by atoms with Gasteiger partial charge in [0.25, 0.3) is 0 Å². The molecule has 2 rings (SSSR count). The zero-order chi connectivity index (χ0) is 13.3. The third kappa shape index (κ3) is 3.02. The molecule has 2 aliphatic rings. The molecule has 102 valence electrons. The van der Waals surface area contributed by atoms with Crippen LogP contribution in [0.15, 0.2) is 0 Å². The fourth-order valence-electron chi connectivity index (χ4n) is 2.34. The van der Waals surface area contributed by atoms with E-state index in [0.29, 0.717) is 0 Å². The van der Waals surface area contributed by atoms with Gasteiger partial charge < -0.3 is 10.0 Å². The van der Waals surface area contributed by atoms with Gasteiger partial charge >= 0.3 is 5.97 Å². The predicted molar refractivity (Wildman–Crippen MR) is 67.2 cm³/mol. The number of aliphatic carboxylic acids is 1. The Hall–Kier alpha value is -1.10. The first-order chi connectivity index (χ1) is 8.40. The summed E-state index contributed by atoms with van der Waals surface area (Å²) >= 11 is 0. The summed E-state index contributed by atoms with van der Waals surface area (Å²) in [6.45, 7) is 6.56. The molecule has 5 heteroatoms. The van der Waals surface area contributed by atoms with Crippen LogP contribution in [0.1, 0.15) is 33.1 Å². The minimum Gasteiger partial charge on any atom is -0.481 e. The van der Waals surface area contributed by atoms with Crippen LogP contribution in [0.2, 0.25) is 0 Å². The Balaban J connectivity index is 1.81. The topological polar surface area (TPSA) is 60.9 Å². The van der Waals surface area contributed by atoms with Crippen molar-refractivity contribution in [3.8, 4) is 0 Å². The number of rotatable bonds is 4. The third-order valence-electron chi connectivity index (χ3n) is 3.90. The zero-order valence-corrected chi connectivity index (χ0v) is 11.2. The Morgan fingerprint density at radius 3 is 2.17 bits per heavy atom. The molecule has 2 fully saturated rings. The molecule has 1 N–H and O–H groups in total. The molecule has 1 saturated carbocycles. The van der Waals surface area contributed by atoms with Gasteiger partial charge in [0.15, 0.2) is 0 Å². The standard InChI is InChI=1S/C13H22N2O3/c1-13(2,12(17)18)9-11(16)15-7-5-14(6-8-15)10-3-4-10/h10H,3-9H2,1-2H3,(H,17,18). The Kier molecular flexibility index (Phi) is 3.61. The molecule has 0 aromatic rings. The summed E-state index contributed by atoms with van der Waals surface area (Å²) in [7, 11) is 0. The number of nitrogens with zero attached hydrogens (tertiary/aromatic N) is 2. The Bertz CT molecular complexity index is 342. The second-order valence-corrected chi connectivity index (χ2v) is 6.01. The van der Waals surface area contributed by atoms with Crippen LogP contribution in [0, 0.1) is 5.41 Å². The van der Waals surface area contributed by atoms with Crippen LogP contribution in [0.3, 0.4) is 0 Å². The average Bonchev–Trinajstić information content (AvgIpc) is 3.12. The molecule has 1 heterocycles. The van der Waals surface area contributed by atoms with Gasteiger partial charge in [0, 0.05) is 38.6 Å². The Labute approximate surface area is 108 Å². The summed E-state index contributed by atoms with van der Waals surface area (Å²) in [6.07, 6.45) is 2.67. The van der Waals surface area contributed by atoms with Crippen LogP contribution in [0.5, 0.6) is 0 Å². The van der Waals surface area contributed by atoms with Crippen LogP contribution < -0.4 is 0 Å². The van der Waals surface area contributed by atoms with E-state index in [9.17, 15) is 9.59 Å². The molecule has 0 spiro atoms. The number of carboxylic acids is 1. The summed E-state index contributed by atoms with van der Waals surface area (Å²) in [5.74, 6) is -0.940. The van der Waals surface area contributed by atoms with E-state index in [1.807, 2.05) is 4.90 Å². The molecule has 1 amide bonds. The zero-order valence-electron chi connectivity index (χ0n) is 11.2. The fourth-order valence-corrected chi connectivity index (χ4v) is 2.34. The third-order valence-corrected chi connectivity index (χ3v) is 3.90. The van der Waals surface area contributed by atoms with Crippen LogP contribution in [0.4, 0.5) is 0 Å². The number of carboxylic acid groups (broad SMARTS) is 1. The van der Waals surface area contributed by atoms with E-state index < -0.39 is 11.4 Å². The lowest BCUT2D eigenvalue weighted by atomic mass is 9.89. The summed E-state index contributed by atoms with van der Waals surface area (Å²) < 4.78 is 0. The lowest BCUT2D eigenvalue weighted by molar-refractivity contribution is -0.152. The summed E-state index contributed by atoms with van der Waals surface area (Å²) in [5, 5.41) is 9.03. The molecular weight excluding hydrogens is 232 g/mol. The molecule has 1 aliphatic heterocycles. The van der Waals surface area contributed by atoms with E-state index in [2.05, 4.69) is 4.90 Å². The molecule has 18 heavy (non-hydrogen) atoms. The van der Waals surface area contributed by atoms with Crippen molar-refractivity contribution in [3.63, 3.8) is 0 Å². The summed E-state index contributed by atoms with van der Waals surface area (Å²) in [4.78, 5) is 27.3. The lowest BCUT2D eigenvalue weighted by Crippen LogP contribution is -2.50. The smallest absolute Gasteiger partial charge is 0.309 e. The number of piperazine rings is 1. The highest BCUT2D eigenvalue weighted by Gasteiger charge is 2.35. The first-order valence-electron chi connectivity index (χ1n) is 6.65. The van der Waals surface area contributed by atoms with Crippen molar-refractivity contribution >= 4 is 11.9 Å². The Morgan fingerprint density at radius 2 is 1.72 bits per heavy atom. The molecule has 0 aromatic heterocycles. The Morgan fingerprint density at radius 1 is 1.17 bits per heavy atom. The molecule has 1 aliphatic carbocycles. The maximum Gasteiger partial charge on any atom is 0.309 e. The van der Waals surface area contributed by atoms with E-state index >= 15 is 0 Å². The van der Waals surface area contributed by atoms with E-state index in [0.717, 1.165) is 32.2 Å². The number of hydrogen-bond donors (Lipinski definition) is 1. The summed E-state index contributed by atoms with van der Waals surface area (Å²) in [5.41, 5.74) is -0.968. The van der Waals surface area contributed by atoms with Gasteiger partial charge in [-0.3, -0.25) is 14.5 Å². The molecule has 0 unspecified atom stereocenters. The van der Waals surface area contributed by atoms with E-state index in [1.54, 1.807) is 13.8 Å². The molecule has 0 radical (unpaired) electrons. The first-order valence-corrected chi connectivity index (χ1v) is 6.65. The van der Waals surface area contributed by atoms with Crippen LogP contribution in [0.25, 0.3) is 0 Å². The average molecular weight is 254 g/mol. The normalized spacial score (nSPS) is 22.0. The van der Waals surface area contributed by atoms with Crippen molar-refractivity contribution < 1.29 is 14.7 Å². The van der Waals surface area contributed by atoms with Crippen molar-refractivity contribution in [2.75, 3.05) is 26.2 Å². The highest BCUT2D eigenvalue weighted by Crippen LogP contribution is 2.28. The number of amides is 1. The predicted octanol–water partition coefficient (Wildman–Crippen LogP) is 0.794. The first kappa shape index (κ1) is 13.3. The van der Waals surface area contributed by atoms with Crippen molar-refractivity contribution in [3.05, 3.63) is 0 Å². The molecule has 5 nitrogen and oxygen atoms in total. The molecule has 0 aromatic carbocycles. The van der Waals surface area contributed by atoms with E-state index in [-0.39, 0.29) is 12.3 Å². The van der Waals surface area contributed by atoms with Gasteiger partial charge in [0.05, 0.1) is 5.41 Å². The van der Waals surface area contributed by atoms with Crippen molar-refractivity contribution in [2.45, 2.75) is 39.2 Å². The fraction of sp³-hybridized carbons (Fsp3) is 0.846. The maximum absolute atomic E-state index is 12.1.